The van der Waals surface area contributed by atoms with E-state index in [2.05, 4.69) is 17.3 Å². The molecule has 0 bridgehead atoms. The number of nitrogens with zero attached hydrogens (tertiary/aromatic N) is 1. The van der Waals surface area contributed by atoms with Gasteiger partial charge in [-0.2, -0.15) is 0 Å². The highest BCUT2D eigenvalue weighted by Crippen LogP contribution is 2.32. The fourth-order valence-corrected chi connectivity index (χ4v) is 4.34. The number of morpholine rings is 1. The highest BCUT2D eigenvalue weighted by Gasteiger charge is 2.37. The van der Waals surface area contributed by atoms with E-state index in [0.717, 1.165) is 31.2 Å². The maximum Gasteiger partial charge on any atom is 0.0730 e. The molecular weight excluding hydrogens is 224 g/mol. The molecule has 2 saturated carbocycles. The standard InChI is InChI=1S/C15H28N2O/c1-16-13-6-3-2-5-12(13)11-17-9-10-18-15-8-4-7-14(15)17/h12-16H,2-11H2,1H3. The van der Waals surface area contributed by atoms with Crippen LogP contribution in [0.2, 0.25) is 0 Å². The summed E-state index contributed by atoms with van der Waals surface area (Å²) in [5.41, 5.74) is 0. The molecule has 3 heteroatoms. The smallest absolute Gasteiger partial charge is 0.0730 e. The van der Waals surface area contributed by atoms with Crippen molar-refractivity contribution < 1.29 is 4.74 Å². The molecule has 0 aromatic heterocycles. The minimum absolute atomic E-state index is 0.551. The van der Waals surface area contributed by atoms with Crippen molar-refractivity contribution in [3.63, 3.8) is 0 Å². The molecule has 104 valence electrons. The van der Waals surface area contributed by atoms with Gasteiger partial charge in [0.25, 0.3) is 0 Å². The Morgan fingerprint density at radius 2 is 2.00 bits per heavy atom. The monoisotopic (exact) mass is 252 g/mol. The molecule has 18 heavy (non-hydrogen) atoms. The van der Waals surface area contributed by atoms with Crippen LogP contribution in [-0.2, 0) is 4.74 Å². The highest BCUT2D eigenvalue weighted by molar-refractivity contribution is 4.92. The summed E-state index contributed by atoms with van der Waals surface area (Å²) >= 11 is 0. The summed E-state index contributed by atoms with van der Waals surface area (Å²) in [4.78, 5) is 2.75. The summed E-state index contributed by atoms with van der Waals surface area (Å²) in [5, 5.41) is 3.55. The summed E-state index contributed by atoms with van der Waals surface area (Å²) < 4.78 is 5.92. The van der Waals surface area contributed by atoms with Crippen LogP contribution in [0.1, 0.15) is 44.9 Å². The molecule has 0 amide bonds. The van der Waals surface area contributed by atoms with Gasteiger partial charge in [0.05, 0.1) is 12.7 Å². The first-order valence-corrected chi connectivity index (χ1v) is 7.91. The summed E-state index contributed by atoms with van der Waals surface area (Å²) in [6.45, 7) is 3.42. The second-order valence-electron chi connectivity index (χ2n) is 6.34. The van der Waals surface area contributed by atoms with Crippen molar-refractivity contribution in [2.24, 2.45) is 5.92 Å². The van der Waals surface area contributed by atoms with Gasteiger partial charge in [0.1, 0.15) is 0 Å². The van der Waals surface area contributed by atoms with E-state index in [9.17, 15) is 0 Å². The third-order valence-corrected chi connectivity index (χ3v) is 5.35. The van der Waals surface area contributed by atoms with Gasteiger partial charge in [-0.3, -0.25) is 4.90 Å². The molecule has 4 atom stereocenters. The maximum atomic E-state index is 5.92. The van der Waals surface area contributed by atoms with E-state index < -0.39 is 0 Å². The van der Waals surface area contributed by atoms with Gasteiger partial charge in [0.15, 0.2) is 0 Å². The molecular formula is C15H28N2O. The topological polar surface area (TPSA) is 24.5 Å². The van der Waals surface area contributed by atoms with Crippen LogP contribution in [0, 0.1) is 5.92 Å². The van der Waals surface area contributed by atoms with Gasteiger partial charge in [0.2, 0.25) is 0 Å². The van der Waals surface area contributed by atoms with Crippen LogP contribution in [0.15, 0.2) is 0 Å². The Kier molecular flexibility index (Phi) is 4.22. The van der Waals surface area contributed by atoms with E-state index in [0.29, 0.717) is 6.10 Å². The first-order valence-electron chi connectivity index (χ1n) is 7.91. The number of nitrogens with one attached hydrogen (secondary N) is 1. The SMILES string of the molecule is CNC1CCCCC1CN1CCOC2CCCC21. The van der Waals surface area contributed by atoms with Gasteiger partial charge in [0, 0.05) is 25.2 Å². The average molecular weight is 252 g/mol. The fraction of sp³-hybridized carbons (Fsp3) is 1.00. The molecule has 1 heterocycles. The predicted octanol–water partition coefficient (Wildman–Crippen LogP) is 2.02. The van der Waals surface area contributed by atoms with E-state index in [1.165, 1.54) is 51.5 Å². The Hall–Kier alpha value is -0.120. The van der Waals surface area contributed by atoms with Gasteiger partial charge in [-0.15, -0.1) is 0 Å². The van der Waals surface area contributed by atoms with Gasteiger partial charge in [-0.25, -0.2) is 0 Å². The largest absolute Gasteiger partial charge is 0.375 e. The van der Waals surface area contributed by atoms with Gasteiger partial charge in [-0.1, -0.05) is 12.8 Å². The molecule has 1 N–H and O–H groups in total. The summed E-state index contributed by atoms with van der Waals surface area (Å²) in [5.74, 6) is 0.864. The average Bonchev–Trinajstić information content (AvgIpc) is 2.89. The van der Waals surface area contributed by atoms with E-state index in [1.54, 1.807) is 0 Å². The molecule has 0 aromatic carbocycles. The number of hydrogen-bond donors (Lipinski definition) is 1. The Balaban J connectivity index is 1.60. The van der Waals surface area contributed by atoms with E-state index in [4.69, 9.17) is 4.74 Å². The van der Waals surface area contributed by atoms with E-state index in [1.807, 2.05) is 0 Å². The van der Waals surface area contributed by atoms with Crippen molar-refractivity contribution in [3.8, 4) is 0 Å². The van der Waals surface area contributed by atoms with Crippen LogP contribution in [0.4, 0.5) is 0 Å². The van der Waals surface area contributed by atoms with Crippen molar-refractivity contribution in [1.29, 1.82) is 0 Å². The number of fused-ring (bicyclic) bond motifs is 1. The highest BCUT2D eigenvalue weighted by atomic mass is 16.5. The lowest BCUT2D eigenvalue weighted by atomic mass is 9.84. The molecule has 1 saturated heterocycles. The van der Waals surface area contributed by atoms with Crippen LogP contribution in [0.3, 0.4) is 0 Å². The van der Waals surface area contributed by atoms with Crippen LogP contribution in [-0.4, -0.2) is 49.8 Å². The second-order valence-corrected chi connectivity index (χ2v) is 6.34. The molecule has 3 aliphatic rings. The molecule has 2 aliphatic carbocycles. The summed E-state index contributed by atoms with van der Waals surface area (Å²) in [6, 6.07) is 1.49. The number of rotatable bonds is 3. The molecule has 3 fully saturated rings. The van der Waals surface area contributed by atoms with E-state index in [-0.39, 0.29) is 0 Å². The van der Waals surface area contributed by atoms with Crippen molar-refractivity contribution >= 4 is 0 Å². The van der Waals surface area contributed by atoms with Crippen LogP contribution in [0.5, 0.6) is 0 Å². The zero-order valence-corrected chi connectivity index (χ0v) is 11.7. The van der Waals surface area contributed by atoms with Crippen molar-refractivity contribution in [1.82, 2.24) is 10.2 Å². The maximum absolute atomic E-state index is 5.92. The lowest BCUT2D eigenvalue weighted by molar-refractivity contribution is -0.0630. The molecule has 3 rings (SSSR count). The zero-order chi connectivity index (χ0) is 12.4. The second kappa shape index (κ2) is 5.89. The first kappa shape index (κ1) is 12.9. The predicted molar refractivity (Wildman–Crippen MR) is 73.8 cm³/mol. The lowest BCUT2D eigenvalue weighted by Crippen LogP contribution is -2.52. The molecule has 0 radical (unpaired) electrons. The molecule has 3 nitrogen and oxygen atoms in total. The third-order valence-electron chi connectivity index (χ3n) is 5.35. The third kappa shape index (κ3) is 2.59. The zero-order valence-electron chi connectivity index (χ0n) is 11.7. The van der Waals surface area contributed by atoms with Crippen molar-refractivity contribution in [3.05, 3.63) is 0 Å². The van der Waals surface area contributed by atoms with Crippen LogP contribution in [0.25, 0.3) is 0 Å². The number of hydrogen-bond acceptors (Lipinski definition) is 3. The Morgan fingerprint density at radius 1 is 1.11 bits per heavy atom. The van der Waals surface area contributed by atoms with Crippen LogP contribution >= 0.6 is 0 Å². The van der Waals surface area contributed by atoms with E-state index >= 15 is 0 Å². The molecule has 0 spiro atoms. The van der Waals surface area contributed by atoms with Gasteiger partial charge >= 0.3 is 0 Å². The first-order chi connectivity index (χ1) is 8.88. The fourth-order valence-electron chi connectivity index (χ4n) is 4.34. The molecule has 4 unspecified atom stereocenters. The minimum Gasteiger partial charge on any atom is -0.375 e. The molecule has 1 aliphatic heterocycles. The Bertz CT molecular complexity index is 271. The van der Waals surface area contributed by atoms with Crippen LogP contribution < -0.4 is 5.32 Å². The Morgan fingerprint density at radius 3 is 2.89 bits per heavy atom. The summed E-state index contributed by atoms with van der Waals surface area (Å²) in [6.07, 6.45) is 10.2. The van der Waals surface area contributed by atoms with Crippen molar-refractivity contribution in [2.45, 2.75) is 63.1 Å². The van der Waals surface area contributed by atoms with Gasteiger partial charge in [-0.05, 0) is 45.1 Å². The van der Waals surface area contributed by atoms with Gasteiger partial charge < -0.3 is 10.1 Å². The molecule has 0 aromatic rings. The van der Waals surface area contributed by atoms with Crippen molar-refractivity contribution in [2.75, 3.05) is 26.7 Å². The number of ether oxygens (including phenoxy) is 1. The normalized spacial score (nSPS) is 41.8. The lowest BCUT2D eigenvalue weighted by Gasteiger charge is -2.42. The minimum atomic E-state index is 0.551. The summed E-state index contributed by atoms with van der Waals surface area (Å²) in [7, 11) is 2.14. The Labute approximate surface area is 111 Å². The quantitative estimate of drug-likeness (QED) is 0.831.